The molecular formula is C11H23N3. The summed E-state index contributed by atoms with van der Waals surface area (Å²) in [5.41, 5.74) is 5.68. The first kappa shape index (κ1) is 10.4. The van der Waals surface area contributed by atoms with Gasteiger partial charge in [0.05, 0.1) is 0 Å². The Morgan fingerprint density at radius 2 is 2.07 bits per heavy atom. The van der Waals surface area contributed by atoms with Crippen LogP contribution in [-0.4, -0.2) is 55.1 Å². The number of hydrogen-bond donors (Lipinski definition) is 1. The number of nitrogens with zero attached hydrogens (tertiary/aromatic N) is 2. The van der Waals surface area contributed by atoms with E-state index in [1.54, 1.807) is 0 Å². The summed E-state index contributed by atoms with van der Waals surface area (Å²) in [6.07, 6.45) is 5.45. The third kappa shape index (κ3) is 2.10. The Kier molecular flexibility index (Phi) is 3.42. The minimum atomic E-state index is 0.726. The molecule has 0 amide bonds. The van der Waals surface area contributed by atoms with Crippen molar-refractivity contribution in [2.45, 2.75) is 37.8 Å². The summed E-state index contributed by atoms with van der Waals surface area (Å²) in [6.45, 7) is 4.54. The first-order valence-electron chi connectivity index (χ1n) is 5.95. The van der Waals surface area contributed by atoms with Gasteiger partial charge in [0.1, 0.15) is 0 Å². The molecule has 1 unspecified atom stereocenters. The van der Waals surface area contributed by atoms with Gasteiger partial charge < -0.3 is 10.6 Å². The van der Waals surface area contributed by atoms with Crippen molar-refractivity contribution in [3.8, 4) is 0 Å². The zero-order valence-corrected chi connectivity index (χ0v) is 9.28. The Morgan fingerprint density at radius 1 is 1.29 bits per heavy atom. The molecule has 2 N–H and O–H groups in total. The monoisotopic (exact) mass is 197 g/mol. The van der Waals surface area contributed by atoms with Crippen molar-refractivity contribution in [2.24, 2.45) is 5.73 Å². The highest BCUT2D eigenvalue weighted by molar-refractivity contribution is 4.89. The van der Waals surface area contributed by atoms with Crippen molar-refractivity contribution in [1.29, 1.82) is 0 Å². The molecule has 14 heavy (non-hydrogen) atoms. The van der Waals surface area contributed by atoms with E-state index < -0.39 is 0 Å². The van der Waals surface area contributed by atoms with Gasteiger partial charge >= 0.3 is 0 Å². The third-order valence-corrected chi connectivity index (χ3v) is 3.77. The van der Waals surface area contributed by atoms with Crippen LogP contribution in [0.1, 0.15) is 25.7 Å². The maximum Gasteiger partial charge on any atom is 0.0238 e. The lowest BCUT2D eigenvalue weighted by molar-refractivity contribution is 0.0187. The predicted molar refractivity (Wildman–Crippen MR) is 59.3 cm³/mol. The topological polar surface area (TPSA) is 32.5 Å². The normalized spacial score (nSPS) is 31.7. The van der Waals surface area contributed by atoms with Crippen LogP contribution in [0.25, 0.3) is 0 Å². The molecule has 1 saturated heterocycles. The van der Waals surface area contributed by atoms with Crippen LogP contribution in [0.2, 0.25) is 0 Å². The number of likely N-dealkylation sites (N-methyl/N-ethyl adjacent to an activating group) is 1. The smallest absolute Gasteiger partial charge is 0.0238 e. The lowest BCUT2D eigenvalue weighted by Crippen LogP contribution is -2.57. The first-order valence-corrected chi connectivity index (χ1v) is 5.95. The molecule has 2 aliphatic rings. The molecule has 0 aromatic carbocycles. The Balaban J connectivity index is 1.91. The van der Waals surface area contributed by atoms with Crippen LogP contribution in [-0.2, 0) is 0 Å². The van der Waals surface area contributed by atoms with Crippen LogP contribution < -0.4 is 5.73 Å². The summed E-state index contributed by atoms with van der Waals surface area (Å²) < 4.78 is 0. The van der Waals surface area contributed by atoms with Crippen LogP contribution in [0.15, 0.2) is 0 Å². The van der Waals surface area contributed by atoms with E-state index in [-0.39, 0.29) is 0 Å². The second kappa shape index (κ2) is 4.60. The van der Waals surface area contributed by atoms with Crippen LogP contribution >= 0.6 is 0 Å². The van der Waals surface area contributed by atoms with E-state index in [4.69, 9.17) is 5.73 Å². The van der Waals surface area contributed by atoms with Crippen LogP contribution in [0.4, 0.5) is 0 Å². The van der Waals surface area contributed by atoms with Crippen molar-refractivity contribution in [3.05, 3.63) is 0 Å². The largest absolute Gasteiger partial charge is 0.330 e. The molecule has 1 aliphatic carbocycles. The summed E-state index contributed by atoms with van der Waals surface area (Å²) in [5.74, 6) is 0. The number of piperazine rings is 1. The second-order valence-electron chi connectivity index (χ2n) is 4.82. The average Bonchev–Trinajstić information content (AvgIpc) is 2.07. The standard InChI is InChI=1S/C11H23N3/c1-13-7-8-14(10-3-2-4-10)11(9-13)5-6-12/h10-11H,2-9,12H2,1H3. The molecule has 0 radical (unpaired) electrons. The van der Waals surface area contributed by atoms with Gasteiger partial charge in [0.15, 0.2) is 0 Å². The van der Waals surface area contributed by atoms with Crippen LogP contribution in [0.3, 0.4) is 0 Å². The van der Waals surface area contributed by atoms with Gasteiger partial charge in [-0.2, -0.15) is 0 Å². The van der Waals surface area contributed by atoms with Crippen molar-refractivity contribution in [1.82, 2.24) is 9.80 Å². The molecule has 2 fully saturated rings. The van der Waals surface area contributed by atoms with Gasteiger partial charge in [0.2, 0.25) is 0 Å². The Hall–Kier alpha value is -0.120. The highest BCUT2D eigenvalue weighted by atomic mass is 15.3. The van der Waals surface area contributed by atoms with E-state index in [1.165, 1.54) is 45.3 Å². The van der Waals surface area contributed by atoms with Crippen molar-refractivity contribution in [3.63, 3.8) is 0 Å². The molecule has 0 bridgehead atoms. The molecule has 0 aromatic heterocycles. The summed E-state index contributed by atoms with van der Waals surface area (Å²) >= 11 is 0. The number of rotatable bonds is 3. The summed E-state index contributed by atoms with van der Waals surface area (Å²) in [4.78, 5) is 5.16. The molecule has 3 nitrogen and oxygen atoms in total. The van der Waals surface area contributed by atoms with Gasteiger partial charge in [-0.25, -0.2) is 0 Å². The second-order valence-corrected chi connectivity index (χ2v) is 4.82. The first-order chi connectivity index (χ1) is 6.81. The van der Waals surface area contributed by atoms with Gasteiger partial charge in [-0.1, -0.05) is 6.42 Å². The van der Waals surface area contributed by atoms with Gasteiger partial charge in [0, 0.05) is 31.7 Å². The zero-order valence-electron chi connectivity index (χ0n) is 9.28. The van der Waals surface area contributed by atoms with Gasteiger partial charge in [-0.05, 0) is 32.9 Å². The van der Waals surface area contributed by atoms with E-state index in [9.17, 15) is 0 Å². The predicted octanol–water partition coefficient (Wildman–Crippen LogP) is 0.504. The SMILES string of the molecule is CN1CCN(C2CCC2)C(CCN)C1. The molecule has 1 atom stereocenters. The molecule has 2 rings (SSSR count). The van der Waals surface area contributed by atoms with Crippen LogP contribution in [0, 0.1) is 0 Å². The van der Waals surface area contributed by atoms with E-state index in [0.717, 1.165) is 18.6 Å². The minimum absolute atomic E-state index is 0.726. The fourth-order valence-electron chi connectivity index (χ4n) is 2.67. The minimum Gasteiger partial charge on any atom is -0.330 e. The van der Waals surface area contributed by atoms with Crippen molar-refractivity contribution < 1.29 is 0 Å². The van der Waals surface area contributed by atoms with Crippen molar-refractivity contribution in [2.75, 3.05) is 33.2 Å². The zero-order chi connectivity index (χ0) is 9.97. The fourth-order valence-corrected chi connectivity index (χ4v) is 2.67. The van der Waals surface area contributed by atoms with E-state index in [0.29, 0.717) is 0 Å². The maximum atomic E-state index is 5.68. The third-order valence-electron chi connectivity index (χ3n) is 3.77. The van der Waals surface area contributed by atoms with Crippen molar-refractivity contribution >= 4 is 0 Å². The summed E-state index contributed by atoms with van der Waals surface area (Å²) in [6, 6.07) is 1.62. The summed E-state index contributed by atoms with van der Waals surface area (Å²) in [5, 5.41) is 0. The fraction of sp³-hybridized carbons (Fsp3) is 1.00. The van der Waals surface area contributed by atoms with E-state index in [1.807, 2.05) is 0 Å². The van der Waals surface area contributed by atoms with Gasteiger partial charge in [0.25, 0.3) is 0 Å². The lowest BCUT2D eigenvalue weighted by atomic mass is 9.89. The van der Waals surface area contributed by atoms with E-state index >= 15 is 0 Å². The Morgan fingerprint density at radius 3 is 2.64 bits per heavy atom. The molecule has 1 heterocycles. The molecule has 1 aliphatic heterocycles. The Bertz CT molecular complexity index is 179. The molecular weight excluding hydrogens is 174 g/mol. The molecule has 0 aromatic rings. The Labute approximate surface area is 87.2 Å². The average molecular weight is 197 g/mol. The highest BCUT2D eigenvalue weighted by Gasteiger charge is 2.32. The van der Waals surface area contributed by atoms with Gasteiger partial charge in [-0.15, -0.1) is 0 Å². The van der Waals surface area contributed by atoms with Crippen LogP contribution in [0.5, 0.6) is 0 Å². The van der Waals surface area contributed by atoms with Gasteiger partial charge in [-0.3, -0.25) is 4.90 Å². The molecule has 3 heteroatoms. The molecule has 1 saturated carbocycles. The van der Waals surface area contributed by atoms with E-state index in [2.05, 4.69) is 16.8 Å². The lowest BCUT2D eigenvalue weighted by Gasteiger charge is -2.47. The summed E-state index contributed by atoms with van der Waals surface area (Å²) in [7, 11) is 2.22. The highest BCUT2D eigenvalue weighted by Crippen LogP contribution is 2.28. The quantitative estimate of drug-likeness (QED) is 0.715. The maximum absolute atomic E-state index is 5.68. The number of hydrogen-bond acceptors (Lipinski definition) is 3. The molecule has 82 valence electrons. The number of nitrogens with two attached hydrogens (primary N) is 1. The molecule has 0 spiro atoms.